The quantitative estimate of drug-likeness (QED) is 0.748. The van der Waals surface area contributed by atoms with E-state index in [0.717, 1.165) is 12.3 Å². The van der Waals surface area contributed by atoms with Crippen LogP contribution in [-0.2, 0) is 12.8 Å². The molecular weight excluding hydrogens is 350 g/mol. The van der Waals surface area contributed by atoms with E-state index >= 15 is 0 Å². The summed E-state index contributed by atoms with van der Waals surface area (Å²) in [5, 5.41) is 9.55. The van der Waals surface area contributed by atoms with Crippen LogP contribution in [0.15, 0.2) is 24.4 Å². The molecule has 1 aromatic heterocycles. The summed E-state index contributed by atoms with van der Waals surface area (Å²) < 4.78 is 38.8. The van der Waals surface area contributed by atoms with Gasteiger partial charge in [0.1, 0.15) is 0 Å². The summed E-state index contributed by atoms with van der Waals surface area (Å²) in [5.41, 5.74) is -1.12. The molecule has 0 radical (unpaired) electrons. The van der Waals surface area contributed by atoms with Gasteiger partial charge in [0, 0.05) is 17.3 Å². The number of hydrogen-bond acceptors (Lipinski definition) is 2. The minimum Gasteiger partial charge on any atom is -0.392 e. The van der Waals surface area contributed by atoms with E-state index in [1.165, 1.54) is 12.1 Å². The average Bonchev–Trinajstić information content (AvgIpc) is 2.42. The summed E-state index contributed by atoms with van der Waals surface area (Å²) in [5.74, 6) is 0. The van der Waals surface area contributed by atoms with Gasteiger partial charge in [-0.25, -0.2) is 0 Å². The molecule has 0 amide bonds. The number of hydrogen-bond donors (Lipinski definition) is 1. The van der Waals surface area contributed by atoms with Crippen LogP contribution in [0, 0.1) is 0 Å². The van der Waals surface area contributed by atoms with Crippen LogP contribution in [-0.4, -0.2) is 10.1 Å². The van der Waals surface area contributed by atoms with Crippen LogP contribution in [0.25, 0.3) is 11.3 Å². The lowest BCUT2D eigenvalue weighted by Crippen LogP contribution is -2.11. The van der Waals surface area contributed by atoms with Crippen molar-refractivity contribution in [2.45, 2.75) is 12.8 Å². The van der Waals surface area contributed by atoms with Crippen molar-refractivity contribution in [3.63, 3.8) is 0 Å². The number of halogens is 6. The lowest BCUT2D eigenvalue weighted by molar-refractivity contribution is -0.138. The molecule has 2 rings (SSSR count). The van der Waals surface area contributed by atoms with Crippen molar-refractivity contribution in [3.05, 3.63) is 50.6 Å². The highest BCUT2D eigenvalue weighted by molar-refractivity contribution is 6.48. The fourth-order valence-electron chi connectivity index (χ4n) is 1.86. The van der Waals surface area contributed by atoms with Gasteiger partial charge in [-0.05, 0) is 18.2 Å². The molecule has 1 heterocycles. The Bertz CT molecular complexity index is 666. The standard InChI is InChI=1S/C13H7Cl3F3NO/c14-9-3-6(4-10(15)11(9)16)12-7(5-21)8(1-2-20-12)13(17,18)19/h1-4,21H,5H2. The molecule has 0 bridgehead atoms. The molecule has 0 aliphatic carbocycles. The lowest BCUT2D eigenvalue weighted by Gasteiger charge is -2.15. The minimum absolute atomic E-state index is 0.0483. The lowest BCUT2D eigenvalue weighted by atomic mass is 10.0. The molecule has 0 saturated heterocycles. The summed E-state index contributed by atoms with van der Waals surface area (Å²) in [4.78, 5) is 3.89. The van der Waals surface area contributed by atoms with Crippen molar-refractivity contribution in [2.24, 2.45) is 0 Å². The number of nitrogens with zero attached hydrogens (tertiary/aromatic N) is 1. The zero-order valence-corrected chi connectivity index (χ0v) is 12.4. The van der Waals surface area contributed by atoms with Crippen LogP contribution in [0.5, 0.6) is 0 Å². The Hall–Kier alpha value is -1.01. The molecule has 0 aliphatic heterocycles. The van der Waals surface area contributed by atoms with E-state index in [4.69, 9.17) is 34.8 Å². The van der Waals surface area contributed by atoms with Gasteiger partial charge in [0.2, 0.25) is 0 Å². The predicted molar refractivity (Wildman–Crippen MR) is 75.6 cm³/mol. The van der Waals surface area contributed by atoms with E-state index < -0.39 is 18.3 Å². The van der Waals surface area contributed by atoms with Gasteiger partial charge in [-0.3, -0.25) is 4.98 Å². The van der Waals surface area contributed by atoms with E-state index in [2.05, 4.69) is 4.98 Å². The Morgan fingerprint density at radius 2 is 1.67 bits per heavy atom. The molecule has 0 unspecified atom stereocenters. The van der Waals surface area contributed by atoms with Gasteiger partial charge < -0.3 is 5.11 Å². The second-order valence-electron chi connectivity index (χ2n) is 4.10. The maximum Gasteiger partial charge on any atom is 0.416 e. The summed E-state index contributed by atoms with van der Waals surface area (Å²) in [6.45, 7) is -0.824. The van der Waals surface area contributed by atoms with E-state index in [1.807, 2.05) is 0 Å². The summed E-state index contributed by atoms with van der Waals surface area (Å²) in [6.07, 6.45) is -3.59. The first-order chi connectivity index (χ1) is 9.75. The van der Waals surface area contributed by atoms with Gasteiger partial charge in [0.25, 0.3) is 0 Å². The Kier molecular flexibility index (Phi) is 4.68. The van der Waals surface area contributed by atoms with Gasteiger partial charge >= 0.3 is 6.18 Å². The average molecular weight is 357 g/mol. The van der Waals surface area contributed by atoms with Gasteiger partial charge in [0.15, 0.2) is 0 Å². The number of alkyl halides is 3. The van der Waals surface area contributed by atoms with Gasteiger partial charge in [-0.1, -0.05) is 34.8 Å². The van der Waals surface area contributed by atoms with E-state index in [0.29, 0.717) is 0 Å². The van der Waals surface area contributed by atoms with Crippen LogP contribution >= 0.6 is 34.8 Å². The molecule has 112 valence electrons. The van der Waals surface area contributed by atoms with Crippen molar-refractivity contribution in [1.82, 2.24) is 4.98 Å². The molecule has 0 saturated carbocycles. The number of aliphatic hydroxyl groups is 1. The zero-order chi connectivity index (χ0) is 15.8. The van der Waals surface area contributed by atoms with E-state index in [-0.39, 0.29) is 31.9 Å². The topological polar surface area (TPSA) is 33.1 Å². The molecule has 0 fully saturated rings. The van der Waals surface area contributed by atoms with Crippen molar-refractivity contribution in [3.8, 4) is 11.3 Å². The Morgan fingerprint density at radius 3 is 2.14 bits per heavy atom. The fourth-order valence-corrected chi connectivity index (χ4v) is 2.46. The Balaban J connectivity index is 2.70. The molecule has 1 N–H and O–H groups in total. The van der Waals surface area contributed by atoms with Crippen molar-refractivity contribution in [1.29, 1.82) is 0 Å². The highest BCUT2D eigenvalue weighted by Gasteiger charge is 2.34. The first-order valence-corrected chi connectivity index (χ1v) is 6.70. The highest BCUT2D eigenvalue weighted by atomic mass is 35.5. The minimum atomic E-state index is -4.60. The third-order valence-electron chi connectivity index (χ3n) is 2.78. The number of pyridine rings is 1. The Labute approximate surface area is 133 Å². The molecule has 0 spiro atoms. The normalized spacial score (nSPS) is 11.8. The highest BCUT2D eigenvalue weighted by Crippen LogP contribution is 2.39. The fraction of sp³-hybridized carbons (Fsp3) is 0.154. The van der Waals surface area contributed by atoms with Crippen LogP contribution in [0.1, 0.15) is 11.1 Å². The number of aromatic nitrogens is 1. The molecule has 0 aliphatic rings. The maximum atomic E-state index is 12.9. The third kappa shape index (κ3) is 3.26. The molecule has 8 heteroatoms. The van der Waals surface area contributed by atoms with Gasteiger partial charge in [0.05, 0.1) is 32.9 Å². The SMILES string of the molecule is OCc1c(C(F)(F)F)ccnc1-c1cc(Cl)c(Cl)c(Cl)c1. The molecule has 0 atom stereocenters. The van der Waals surface area contributed by atoms with E-state index in [1.54, 1.807) is 0 Å². The van der Waals surface area contributed by atoms with Crippen molar-refractivity contribution < 1.29 is 18.3 Å². The summed E-state index contributed by atoms with van der Waals surface area (Å²) >= 11 is 17.5. The first kappa shape index (κ1) is 16.4. The van der Waals surface area contributed by atoms with E-state index in [9.17, 15) is 18.3 Å². The predicted octanol–water partition coefficient (Wildman–Crippen LogP) is 5.22. The van der Waals surface area contributed by atoms with Gasteiger partial charge in [-0.2, -0.15) is 13.2 Å². The van der Waals surface area contributed by atoms with Crippen molar-refractivity contribution >= 4 is 34.8 Å². The zero-order valence-electron chi connectivity index (χ0n) is 10.2. The number of rotatable bonds is 2. The third-order valence-corrected chi connectivity index (χ3v) is 3.97. The molecule has 21 heavy (non-hydrogen) atoms. The number of benzene rings is 1. The molecule has 1 aromatic carbocycles. The Morgan fingerprint density at radius 1 is 1.10 bits per heavy atom. The smallest absolute Gasteiger partial charge is 0.392 e. The van der Waals surface area contributed by atoms with Gasteiger partial charge in [-0.15, -0.1) is 0 Å². The molecule has 2 nitrogen and oxygen atoms in total. The number of aliphatic hydroxyl groups excluding tert-OH is 1. The van der Waals surface area contributed by atoms with Crippen LogP contribution in [0.4, 0.5) is 13.2 Å². The van der Waals surface area contributed by atoms with Crippen LogP contribution in [0.2, 0.25) is 15.1 Å². The molecule has 2 aromatic rings. The van der Waals surface area contributed by atoms with Crippen LogP contribution in [0.3, 0.4) is 0 Å². The second-order valence-corrected chi connectivity index (χ2v) is 5.29. The maximum absolute atomic E-state index is 12.9. The van der Waals surface area contributed by atoms with Crippen molar-refractivity contribution in [2.75, 3.05) is 0 Å². The first-order valence-electron chi connectivity index (χ1n) is 5.56. The molecular formula is C13H7Cl3F3NO. The monoisotopic (exact) mass is 355 g/mol. The largest absolute Gasteiger partial charge is 0.416 e. The summed E-state index contributed by atoms with van der Waals surface area (Å²) in [6, 6.07) is 3.49. The second kappa shape index (κ2) is 6.01. The van der Waals surface area contributed by atoms with Crippen LogP contribution < -0.4 is 0 Å². The summed E-state index contributed by atoms with van der Waals surface area (Å²) in [7, 11) is 0.